The lowest BCUT2D eigenvalue weighted by atomic mass is 9.86. The quantitative estimate of drug-likeness (QED) is 0.0128. The summed E-state index contributed by atoms with van der Waals surface area (Å²) in [6.45, 7) is 17.1. The van der Waals surface area contributed by atoms with Crippen LogP contribution in [0.5, 0.6) is 0 Å². The fourth-order valence-electron chi connectivity index (χ4n) is 8.66. The van der Waals surface area contributed by atoms with E-state index in [4.69, 9.17) is 36.8 Å². The van der Waals surface area contributed by atoms with E-state index < -0.39 is 11.3 Å². The molecule has 15 nitrogen and oxygen atoms in total. The molecule has 4 unspecified atom stereocenters. The number of anilines is 3. The van der Waals surface area contributed by atoms with Gasteiger partial charge in [0.2, 0.25) is 5.91 Å². The van der Waals surface area contributed by atoms with Crippen molar-refractivity contribution >= 4 is 101 Å². The number of carbonyl (C=O) groups is 6. The molecule has 4 aromatic carbocycles. The van der Waals surface area contributed by atoms with Crippen LogP contribution in [0.3, 0.4) is 0 Å². The number of amides is 1. The molecule has 0 saturated carbocycles. The number of halogens is 1. The zero-order chi connectivity index (χ0) is 54.5. The molecule has 2 aliphatic heterocycles. The third-order valence-electron chi connectivity index (χ3n) is 11.9. The number of aliphatic hydroxyl groups excluding tert-OH is 2. The van der Waals surface area contributed by atoms with Crippen molar-refractivity contribution < 1.29 is 43.7 Å². The Hall–Kier alpha value is -5.43. The van der Waals surface area contributed by atoms with E-state index in [-0.39, 0.29) is 71.1 Å². The second-order valence-electron chi connectivity index (χ2n) is 17.5. The molecule has 4 aromatic rings. The SMILES string of the molecule is C=O.C=O.CCC.CCOC(=O)C1=C(O)C(Cl)C(c2cccc(NC3CCN(SCc4cccc(NCCC(CCN)c5ccc(NCC=O)c6c(C(=O)CCC(=O)NC)cccc56)c4)C(C)(C)C3)c2)S1.CO. The Morgan fingerprint density at radius 2 is 1.64 bits per heavy atom. The zero-order valence-corrected chi connectivity index (χ0v) is 45.9. The number of thioether (sulfide) groups is 1. The maximum atomic E-state index is 13.5. The van der Waals surface area contributed by atoms with Crippen LogP contribution in [0.2, 0.25) is 0 Å². The number of nitrogens with two attached hydrogens (primary N) is 1. The number of piperidine rings is 1. The number of alkyl halides is 1. The second kappa shape index (κ2) is 34.1. The van der Waals surface area contributed by atoms with E-state index in [0.717, 1.165) is 91.2 Å². The van der Waals surface area contributed by atoms with Crippen LogP contribution in [0.1, 0.15) is 118 Å². The molecule has 1 fully saturated rings. The van der Waals surface area contributed by atoms with E-state index in [1.165, 1.54) is 23.7 Å². The highest BCUT2D eigenvalue weighted by molar-refractivity contribution is 8.04. The fraction of sp³-hybridized carbons (Fsp3) is 0.455. The number of hydrogen-bond acceptors (Lipinski definition) is 16. The molecule has 0 aromatic heterocycles. The number of rotatable bonds is 22. The van der Waals surface area contributed by atoms with Crippen LogP contribution in [-0.4, -0.2) is 116 Å². The number of esters is 1. The van der Waals surface area contributed by atoms with Gasteiger partial charge in [-0.2, -0.15) is 0 Å². The summed E-state index contributed by atoms with van der Waals surface area (Å²) in [6, 6.07) is 26.6. The molecule has 4 atom stereocenters. The van der Waals surface area contributed by atoms with Gasteiger partial charge in [-0.05, 0) is 111 Å². The van der Waals surface area contributed by atoms with Gasteiger partial charge in [0.25, 0.3) is 0 Å². The number of carbonyl (C=O) groups excluding carboxylic acids is 6. The van der Waals surface area contributed by atoms with Gasteiger partial charge < -0.3 is 56.3 Å². The number of nitrogens with zero attached hydrogens (tertiary/aromatic N) is 1. The Bertz CT molecular complexity index is 2390. The van der Waals surface area contributed by atoms with Crippen molar-refractivity contribution in [2.45, 2.75) is 113 Å². The first-order chi connectivity index (χ1) is 35.3. The molecule has 18 heteroatoms. The first-order valence-corrected chi connectivity index (χ1v) is 26.7. The summed E-state index contributed by atoms with van der Waals surface area (Å²) >= 11 is 9.72. The average Bonchev–Trinajstić information content (AvgIpc) is 3.71. The number of aldehydes is 1. The smallest absolute Gasteiger partial charge is 0.348 e. The number of fused-ring (bicyclic) bond motifs is 1. The van der Waals surface area contributed by atoms with Crippen LogP contribution >= 0.6 is 35.3 Å². The fourth-order valence-corrected chi connectivity index (χ4v) is 11.5. The van der Waals surface area contributed by atoms with Crippen molar-refractivity contribution in [1.29, 1.82) is 0 Å². The molecule has 400 valence electrons. The molecule has 2 heterocycles. The summed E-state index contributed by atoms with van der Waals surface area (Å²) in [4.78, 5) is 65.3. The monoisotopic (exact) mass is 1060 g/mol. The van der Waals surface area contributed by atoms with Gasteiger partial charge in [-0.15, -0.1) is 23.4 Å². The van der Waals surface area contributed by atoms with Gasteiger partial charge in [0.15, 0.2) is 5.78 Å². The predicted octanol–water partition coefficient (Wildman–Crippen LogP) is 9.98. The van der Waals surface area contributed by atoms with E-state index >= 15 is 0 Å². The van der Waals surface area contributed by atoms with Crippen LogP contribution in [0.25, 0.3) is 10.8 Å². The number of nitrogens with one attached hydrogen (secondary N) is 4. The lowest BCUT2D eigenvalue weighted by Crippen LogP contribution is -2.49. The number of allylic oxidation sites excluding steroid dienone is 1. The molecule has 6 rings (SSSR count). The van der Waals surface area contributed by atoms with Crippen molar-refractivity contribution in [3.05, 3.63) is 112 Å². The van der Waals surface area contributed by atoms with Crippen molar-refractivity contribution in [3.63, 3.8) is 0 Å². The molecule has 2 aliphatic rings. The third-order valence-corrected chi connectivity index (χ3v) is 15.3. The van der Waals surface area contributed by atoms with E-state index in [9.17, 15) is 24.3 Å². The highest BCUT2D eigenvalue weighted by Gasteiger charge is 2.40. The van der Waals surface area contributed by atoms with Gasteiger partial charge in [-0.1, -0.05) is 80.7 Å². The number of hydrogen-bond donors (Lipinski definition) is 7. The van der Waals surface area contributed by atoms with Gasteiger partial charge in [0, 0.05) is 85.4 Å². The first kappa shape index (κ1) is 63.7. The predicted molar refractivity (Wildman–Crippen MR) is 302 cm³/mol. The van der Waals surface area contributed by atoms with Crippen LogP contribution in [0.15, 0.2) is 89.5 Å². The Balaban J connectivity index is 0.00000191. The highest BCUT2D eigenvalue weighted by Crippen LogP contribution is 2.50. The Morgan fingerprint density at radius 1 is 0.959 bits per heavy atom. The minimum absolute atomic E-state index is 0.0641. The minimum Gasteiger partial charge on any atom is -0.509 e. The van der Waals surface area contributed by atoms with E-state index in [1.54, 1.807) is 20.0 Å². The minimum atomic E-state index is -0.720. The van der Waals surface area contributed by atoms with Gasteiger partial charge >= 0.3 is 5.97 Å². The average molecular weight is 1070 g/mol. The molecule has 0 aliphatic carbocycles. The Labute approximate surface area is 445 Å². The van der Waals surface area contributed by atoms with Gasteiger partial charge in [0.05, 0.1) is 18.4 Å². The second-order valence-corrected chi connectivity index (χ2v) is 20.1. The molecule has 8 N–H and O–H groups in total. The van der Waals surface area contributed by atoms with Crippen molar-refractivity contribution in [2.24, 2.45) is 5.73 Å². The summed E-state index contributed by atoms with van der Waals surface area (Å²) < 4.78 is 7.63. The number of ketones is 1. The number of Topliss-reactive ketones (excluding diaryl/α,β-unsaturated/α-hetero) is 1. The van der Waals surface area contributed by atoms with Crippen LogP contribution in [0.4, 0.5) is 17.1 Å². The topological polar surface area (TPSA) is 229 Å². The maximum Gasteiger partial charge on any atom is 0.348 e. The number of aliphatic hydroxyl groups is 2. The van der Waals surface area contributed by atoms with Crippen LogP contribution in [-0.2, 0) is 34.5 Å². The van der Waals surface area contributed by atoms with E-state index in [0.29, 0.717) is 17.8 Å². The molecule has 0 spiro atoms. The largest absolute Gasteiger partial charge is 0.509 e. The van der Waals surface area contributed by atoms with Crippen molar-refractivity contribution in [2.75, 3.05) is 62.9 Å². The molecule has 73 heavy (non-hydrogen) atoms. The van der Waals surface area contributed by atoms with Crippen molar-refractivity contribution in [1.82, 2.24) is 9.62 Å². The lowest BCUT2D eigenvalue weighted by Gasteiger charge is -2.45. The number of benzene rings is 4. The van der Waals surface area contributed by atoms with Crippen LogP contribution < -0.4 is 27.0 Å². The number of ether oxygens (including phenoxy) is 1. The maximum absolute atomic E-state index is 13.5. The summed E-state index contributed by atoms with van der Waals surface area (Å²) in [5.41, 5.74) is 12.6. The van der Waals surface area contributed by atoms with E-state index in [2.05, 4.69) is 89.7 Å². The normalized spacial score (nSPS) is 17.0. The Morgan fingerprint density at radius 3 is 2.30 bits per heavy atom. The van der Waals surface area contributed by atoms with Gasteiger partial charge in [-0.3, -0.25) is 9.59 Å². The summed E-state index contributed by atoms with van der Waals surface area (Å²) in [5, 5.41) is 31.4. The standard InChI is InChI=1S/C49H61ClN6O6S2.C3H8.CH4O.2CH2O/c1-5-62-48(61)47-45(60)44(50)46(64-47)33-10-7-12-35(28-33)55-36-21-25-56(49(2,3)29-36)63-30-31-9-6-11-34(27-31)53-23-20-32(19-22-51)37-15-16-40(54-24-26-57)43-38(37)13-8-14-39(43)41(58)17-18-42(59)52-4;1-3-2;3*1-2/h6-16,26-28,32,36,44,46,53-55,60H,5,17-25,29-30,51H2,1-4H3,(H,52,59);3H2,1-2H3;2H,1H3;2*1H2. The van der Waals surface area contributed by atoms with Crippen LogP contribution in [0, 0.1) is 0 Å². The zero-order valence-electron chi connectivity index (χ0n) is 43.5. The Kier molecular flexibility index (Phi) is 29.8. The highest BCUT2D eigenvalue weighted by atomic mass is 35.5. The lowest BCUT2D eigenvalue weighted by molar-refractivity contribution is -0.137. The van der Waals surface area contributed by atoms with Gasteiger partial charge in [0.1, 0.15) is 35.9 Å². The van der Waals surface area contributed by atoms with E-state index in [1.807, 2.05) is 61.9 Å². The summed E-state index contributed by atoms with van der Waals surface area (Å²) in [5.74, 6) is -0.0411. The summed E-state index contributed by atoms with van der Waals surface area (Å²) in [7, 11) is 2.56. The molecular formula is C55H77ClN6O9S2. The summed E-state index contributed by atoms with van der Waals surface area (Å²) in [6.07, 6.45) is 5.72. The molecule has 1 amide bonds. The van der Waals surface area contributed by atoms with Crippen molar-refractivity contribution in [3.8, 4) is 0 Å². The molecule has 1 saturated heterocycles. The molecule has 0 bridgehead atoms. The first-order valence-electron chi connectivity index (χ1n) is 24.5. The molecular weight excluding hydrogens is 988 g/mol. The molecule has 0 radical (unpaired) electrons. The van der Waals surface area contributed by atoms with Gasteiger partial charge in [-0.25, -0.2) is 9.10 Å². The third kappa shape index (κ3) is 18.8.